The van der Waals surface area contributed by atoms with E-state index in [1.54, 1.807) is 12.1 Å². The van der Waals surface area contributed by atoms with E-state index in [1.165, 1.54) is 42.9 Å². The molecule has 0 aliphatic heterocycles. The number of benzene rings is 5. The maximum absolute atomic E-state index is 14.3. The molecule has 0 amide bonds. The van der Waals surface area contributed by atoms with Gasteiger partial charge < -0.3 is 43.6 Å². The molecular weight excluding hydrogens is 1860 g/mol. The lowest BCUT2D eigenvalue weighted by Crippen LogP contribution is -2.26. The van der Waals surface area contributed by atoms with Gasteiger partial charge in [0.2, 0.25) is 0 Å². The van der Waals surface area contributed by atoms with Crippen molar-refractivity contribution in [1.29, 1.82) is 0 Å². The molecule has 142 heavy (non-hydrogen) atoms. The number of rotatable bonds is 47. The molecule has 6 saturated carbocycles. The van der Waals surface area contributed by atoms with Gasteiger partial charge in [-0.25, -0.2) is 4.39 Å². The van der Waals surface area contributed by atoms with Gasteiger partial charge >= 0.3 is 23.9 Å². The fraction of sp³-hybridized carbons (Fsp3) is 0.573. The summed E-state index contributed by atoms with van der Waals surface area (Å²) >= 11 is 19.1. The summed E-state index contributed by atoms with van der Waals surface area (Å²) in [4.78, 5) is 97.8. The zero-order valence-electron chi connectivity index (χ0n) is 85.8. The van der Waals surface area contributed by atoms with E-state index in [2.05, 4.69) is 114 Å². The normalized spacial score (nSPS) is 18.7. The van der Waals surface area contributed by atoms with Crippen LogP contribution in [-0.2, 0) is 76.9 Å². The Balaban J connectivity index is 0.000000169. The Morgan fingerprint density at radius 1 is 0.394 bits per heavy atom. The molecule has 4 unspecified atom stereocenters. The van der Waals surface area contributed by atoms with Crippen molar-refractivity contribution in [2.45, 2.75) is 381 Å². The monoisotopic (exact) mass is 2010 g/mol. The average molecular weight is 2010 g/mol. The summed E-state index contributed by atoms with van der Waals surface area (Å²) in [5.74, 6) is 3.86. The first kappa shape index (κ1) is 111. The molecule has 0 saturated heterocycles. The van der Waals surface area contributed by atoms with E-state index >= 15 is 0 Å². The van der Waals surface area contributed by atoms with Crippen LogP contribution in [0.25, 0.3) is 11.3 Å². The van der Waals surface area contributed by atoms with Crippen LogP contribution in [0.1, 0.15) is 427 Å². The van der Waals surface area contributed by atoms with Gasteiger partial charge in [0.1, 0.15) is 46.2 Å². The van der Waals surface area contributed by atoms with Crippen molar-refractivity contribution in [2.75, 3.05) is 6.61 Å². The number of aromatic nitrogens is 4. The SMILES string of the molecule is Cc1ccc(CC(=O)CC(CCC(=O)O)c2noc(-c3ccc(CC(C)C)cc3)c2C2CC2)c(Cl)c1.Cc1ccc(CC(=O)CC(CCC(=O)O)c2noc(C3CC(CC(C)(C)C)C3)c2C2CC2)c(F)c1.Cc1ccc(CC(=O)CC(CCC(=O)O)c2noc(C3CC(CC(C)(C)C)C3)c2CCO)c(Cl)c1.Cc1ccc(CC(=O)CC(CCC(=O)O)c2noc(C3CCC(CC(C)C)CC3)c2C2CC2)c(Cl)c1. The van der Waals surface area contributed by atoms with Crippen molar-refractivity contribution in [2.24, 2.45) is 40.4 Å². The maximum Gasteiger partial charge on any atom is 0.303 e. The Kier molecular flexibility index (Phi) is 39.8. The molecule has 4 atom stereocenters. The number of carbonyl (C=O) groups is 8. The molecule has 6 aliphatic rings. The third kappa shape index (κ3) is 33.1. The number of aliphatic hydroxyl groups excluding tert-OH is 1. The molecular formula is C117H150Cl3FN4O17. The molecule has 15 rings (SSSR count). The summed E-state index contributed by atoms with van der Waals surface area (Å²) in [6, 6.07) is 30.3. The topological polar surface area (TPSA) is 342 Å². The molecule has 0 radical (unpaired) electrons. The molecule has 6 fully saturated rings. The minimum atomic E-state index is -0.916. The fourth-order valence-electron chi connectivity index (χ4n) is 21.8. The van der Waals surface area contributed by atoms with Crippen molar-refractivity contribution in [3.63, 3.8) is 0 Å². The minimum Gasteiger partial charge on any atom is -0.481 e. The predicted molar refractivity (Wildman–Crippen MR) is 551 cm³/mol. The van der Waals surface area contributed by atoms with Crippen LogP contribution >= 0.6 is 34.8 Å². The quantitative estimate of drug-likeness (QED) is 0.0236. The summed E-state index contributed by atoms with van der Waals surface area (Å²) in [6.45, 7) is 30.2. The number of halogens is 4. The van der Waals surface area contributed by atoms with Crippen LogP contribution in [0.4, 0.5) is 4.39 Å². The number of nitrogens with zero attached hydrogens (tertiary/aromatic N) is 4. The largest absolute Gasteiger partial charge is 0.481 e. The first-order valence-electron chi connectivity index (χ1n) is 52.0. The number of aliphatic carboxylic acids is 4. The molecule has 4 heterocycles. The highest BCUT2D eigenvalue weighted by molar-refractivity contribution is 6.32. The molecule has 768 valence electrons. The third-order valence-corrected chi connectivity index (χ3v) is 30.1. The van der Waals surface area contributed by atoms with Crippen LogP contribution < -0.4 is 0 Å². The van der Waals surface area contributed by atoms with E-state index in [4.69, 9.17) is 52.9 Å². The summed E-state index contributed by atoms with van der Waals surface area (Å²) in [7, 11) is 0. The van der Waals surface area contributed by atoms with Gasteiger partial charge in [-0.1, -0.05) is 197 Å². The van der Waals surface area contributed by atoms with E-state index in [0.717, 1.165) is 203 Å². The lowest BCUT2D eigenvalue weighted by atomic mass is 9.66. The van der Waals surface area contributed by atoms with Crippen molar-refractivity contribution >= 4 is 81.8 Å². The van der Waals surface area contributed by atoms with E-state index in [1.807, 2.05) is 82.3 Å². The van der Waals surface area contributed by atoms with E-state index in [0.29, 0.717) is 105 Å². The van der Waals surface area contributed by atoms with Gasteiger partial charge in [0.05, 0.1) is 22.8 Å². The molecule has 0 bridgehead atoms. The van der Waals surface area contributed by atoms with Crippen molar-refractivity contribution in [3.05, 3.63) is 230 Å². The average Bonchev–Trinajstić information content (AvgIpc) is 1.61. The molecule has 0 spiro atoms. The summed E-state index contributed by atoms with van der Waals surface area (Å²) in [5.41, 5.74) is 16.7. The molecule has 25 heteroatoms. The van der Waals surface area contributed by atoms with E-state index in [9.17, 15) is 68.3 Å². The molecule has 5 aromatic carbocycles. The van der Waals surface area contributed by atoms with Gasteiger partial charge in [0.25, 0.3) is 0 Å². The Hall–Kier alpha value is -9.74. The predicted octanol–water partition coefficient (Wildman–Crippen LogP) is 28.8. The Morgan fingerprint density at radius 3 is 1.08 bits per heavy atom. The lowest BCUT2D eigenvalue weighted by Gasteiger charge is -2.38. The zero-order valence-corrected chi connectivity index (χ0v) is 88.1. The van der Waals surface area contributed by atoms with E-state index < -0.39 is 23.9 Å². The first-order chi connectivity index (χ1) is 67.4. The number of ketones is 4. The molecule has 4 aromatic heterocycles. The Bertz CT molecular complexity index is 5800. The molecule has 9 aromatic rings. The molecule has 21 nitrogen and oxygen atoms in total. The third-order valence-electron chi connectivity index (χ3n) is 29.0. The van der Waals surface area contributed by atoms with Crippen molar-refractivity contribution in [3.8, 4) is 11.3 Å². The maximum atomic E-state index is 14.3. The van der Waals surface area contributed by atoms with Crippen molar-refractivity contribution in [1.82, 2.24) is 20.6 Å². The number of aliphatic hydroxyl groups is 1. The Morgan fingerprint density at radius 2 is 0.725 bits per heavy atom. The van der Waals surface area contributed by atoms with E-state index in [-0.39, 0.29) is 154 Å². The van der Waals surface area contributed by atoms with Gasteiger partial charge in [0.15, 0.2) is 5.76 Å². The second-order valence-electron chi connectivity index (χ2n) is 45.5. The van der Waals surface area contributed by atoms with Crippen LogP contribution in [-0.4, -0.2) is 99.8 Å². The summed E-state index contributed by atoms with van der Waals surface area (Å²) < 4.78 is 38.0. The van der Waals surface area contributed by atoms with Crippen LogP contribution in [0.3, 0.4) is 0 Å². The van der Waals surface area contributed by atoms with Gasteiger partial charge in [0, 0.05) is 174 Å². The van der Waals surface area contributed by atoms with Crippen molar-refractivity contribution < 1.29 is 86.4 Å². The standard InChI is InChI=1S/C30H40ClNO4.C30H34ClNO4.C29H38FNO4.C28H38ClNO5/c2*1-18(2)14-20-5-8-22(9-6-20)30-28(21-10-11-21)29(32-36-30)24(12-13-27(34)35)17-25(33)16-23-7-4-19(3)15-26(23)31;1-17-5-6-20(24(30)11-17)14-23(32)15-21(9-10-25(33)34)27-26(19-7-8-19)28(35-31-27)22-12-18(13-22)16-29(2,3)4;1-17-5-6-19(24(29)11-17)14-22(32)15-20(7-8-25(33)34)26-23(9-10-31)27(35-30-26)21-12-18(13-21)16-28(2,3)4/h4,7,15,18,20-22,24H,5-6,8-14,16-17H2,1-3H3,(H,34,35);4-9,15,18,21,24H,10-14,16-17H2,1-3H3,(H,34,35);5-6,11,18-19,21-22H,7-10,12-16H2,1-4H3,(H,33,34);5-6,11,18,20-21,31H,7-10,12-16H2,1-4H3,(H,33,34). The van der Waals surface area contributed by atoms with Gasteiger partial charge in [-0.15, -0.1) is 0 Å². The van der Waals surface area contributed by atoms with Gasteiger partial charge in [-0.05, 0) is 301 Å². The second-order valence-corrected chi connectivity index (χ2v) is 46.7. The second kappa shape index (κ2) is 50.9. The number of aryl methyl sites for hydroxylation is 4. The fourth-order valence-corrected chi connectivity index (χ4v) is 22.7. The highest BCUT2D eigenvalue weighted by Gasteiger charge is 2.46. The van der Waals surface area contributed by atoms with Gasteiger partial charge in [-0.3, -0.25) is 38.4 Å². The number of hydrogen-bond donors (Lipinski definition) is 5. The number of carboxylic acid groups (broad SMARTS) is 4. The zero-order chi connectivity index (χ0) is 103. The number of carbonyl (C=O) groups excluding carboxylic acids is 4. The molecule has 6 aliphatic carbocycles. The summed E-state index contributed by atoms with van der Waals surface area (Å²) in [6.07, 6.45) is 23.0. The number of hydrogen-bond acceptors (Lipinski definition) is 17. The lowest BCUT2D eigenvalue weighted by molar-refractivity contribution is -0.138. The summed E-state index contributed by atoms with van der Waals surface area (Å²) in [5, 5.41) is 66.6. The highest BCUT2D eigenvalue weighted by atomic mass is 35.5. The highest BCUT2D eigenvalue weighted by Crippen LogP contribution is 2.56. The van der Waals surface area contributed by atoms with Crippen LogP contribution in [0.5, 0.6) is 0 Å². The smallest absolute Gasteiger partial charge is 0.303 e. The van der Waals surface area contributed by atoms with Crippen LogP contribution in [0.2, 0.25) is 15.1 Å². The van der Waals surface area contributed by atoms with Gasteiger partial charge in [-0.2, -0.15) is 0 Å². The van der Waals surface area contributed by atoms with Crippen LogP contribution in [0, 0.1) is 73.9 Å². The first-order valence-corrected chi connectivity index (χ1v) is 53.1. The number of Topliss-reactive ketones (excluding diaryl/α,β-unsaturated/α-hetero) is 4. The molecule has 5 N–H and O–H groups in total. The number of carboxylic acids is 4. The van der Waals surface area contributed by atoms with Crippen LogP contribution in [0.15, 0.2) is 115 Å². The Labute approximate surface area is 852 Å². The minimum absolute atomic E-state index is 0.00371.